The van der Waals surface area contributed by atoms with Gasteiger partial charge in [-0.2, -0.15) is 5.10 Å². The van der Waals surface area contributed by atoms with Crippen molar-refractivity contribution in [1.82, 2.24) is 14.8 Å². The lowest BCUT2D eigenvalue weighted by atomic mass is 9.89. The number of hydrogen-bond acceptors (Lipinski definition) is 2. The van der Waals surface area contributed by atoms with Crippen LogP contribution in [0, 0.1) is 6.92 Å². The molecule has 0 radical (unpaired) electrons. The van der Waals surface area contributed by atoms with Crippen LogP contribution < -0.4 is 5.73 Å². The van der Waals surface area contributed by atoms with E-state index in [9.17, 15) is 0 Å². The Balaban J connectivity index is 2.16. The Morgan fingerprint density at radius 1 is 1.26 bits per heavy atom. The number of nitrogens with zero attached hydrogens (tertiary/aromatic N) is 2. The summed E-state index contributed by atoms with van der Waals surface area (Å²) in [5.41, 5.74) is 12.2. The standard InChI is InChI=1S/C19H26N4/c1-12-18(13-8-6-7-9-16(13)23(12)5)14(11-20)15-10-17(22-21-15)19(2,3)4/h6-10,14H,11,20H2,1-5H3,(H,21,22). The van der Waals surface area contributed by atoms with Crippen LogP contribution in [0.25, 0.3) is 10.9 Å². The van der Waals surface area contributed by atoms with Gasteiger partial charge in [-0.05, 0) is 24.6 Å². The molecule has 0 saturated heterocycles. The van der Waals surface area contributed by atoms with Crippen molar-refractivity contribution >= 4 is 10.9 Å². The molecule has 2 heterocycles. The minimum Gasteiger partial charge on any atom is -0.348 e. The Bertz CT molecular complexity index is 833. The quantitative estimate of drug-likeness (QED) is 0.776. The lowest BCUT2D eigenvalue weighted by Crippen LogP contribution is -2.15. The van der Waals surface area contributed by atoms with Crippen LogP contribution >= 0.6 is 0 Å². The number of nitrogens with one attached hydrogen (secondary N) is 1. The summed E-state index contributed by atoms with van der Waals surface area (Å²) in [6.07, 6.45) is 0. The molecular weight excluding hydrogens is 284 g/mol. The molecule has 0 saturated carbocycles. The first-order valence-electron chi connectivity index (χ1n) is 8.14. The van der Waals surface area contributed by atoms with E-state index >= 15 is 0 Å². The van der Waals surface area contributed by atoms with Crippen molar-refractivity contribution in [1.29, 1.82) is 0 Å². The molecule has 0 amide bonds. The number of hydrogen-bond donors (Lipinski definition) is 2. The Morgan fingerprint density at radius 3 is 2.57 bits per heavy atom. The van der Waals surface area contributed by atoms with Gasteiger partial charge in [0.05, 0.1) is 5.69 Å². The Kier molecular flexibility index (Phi) is 3.80. The van der Waals surface area contributed by atoms with Crippen LogP contribution in [0.1, 0.15) is 49.3 Å². The van der Waals surface area contributed by atoms with E-state index in [4.69, 9.17) is 5.73 Å². The van der Waals surface area contributed by atoms with E-state index in [1.165, 1.54) is 22.2 Å². The predicted octanol–water partition coefficient (Wildman–Crippen LogP) is 3.60. The lowest BCUT2D eigenvalue weighted by Gasteiger charge is -2.15. The molecule has 4 nitrogen and oxygen atoms in total. The molecule has 122 valence electrons. The first-order valence-corrected chi connectivity index (χ1v) is 8.14. The Hall–Kier alpha value is -2.07. The average molecular weight is 310 g/mol. The van der Waals surface area contributed by atoms with Crippen LogP contribution in [0.15, 0.2) is 30.3 Å². The van der Waals surface area contributed by atoms with E-state index in [2.05, 4.69) is 79.8 Å². The van der Waals surface area contributed by atoms with Crippen molar-refractivity contribution in [2.45, 2.75) is 39.0 Å². The van der Waals surface area contributed by atoms with Crippen molar-refractivity contribution in [3.8, 4) is 0 Å². The van der Waals surface area contributed by atoms with E-state index in [1.807, 2.05) is 0 Å². The second kappa shape index (κ2) is 5.53. The van der Waals surface area contributed by atoms with Crippen molar-refractivity contribution in [3.63, 3.8) is 0 Å². The van der Waals surface area contributed by atoms with Crippen molar-refractivity contribution in [2.75, 3.05) is 6.54 Å². The zero-order chi connectivity index (χ0) is 16.8. The fraction of sp³-hybridized carbons (Fsp3) is 0.421. The van der Waals surface area contributed by atoms with Crippen LogP contribution in [-0.2, 0) is 12.5 Å². The summed E-state index contributed by atoms with van der Waals surface area (Å²) in [6.45, 7) is 9.24. The average Bonchev–Trinajstić information content (AvgIpc) is 3.08. The molecule has 0 spiro atoms. The largest absolute Gasteiger partial charge is 0.348 e. The fourth-order valence-corrected chi connectivity index (χ4v) is 3.29. The predicted molar refractivity (Wildman–Crippen MR) is 95.8 cm³/mol. The molecule has 0 fully saturated rings. The number of benzene rings is 1. The Labute approximate surface area is 137 Å². The SMILES string of the molecule is Cc1c(C(CN)c2cc(C(C)(C)C)n[nH]2)c2ccccc2n1C. The molecule has 3 N–H and O–H groups in total. The van der Waals surface area contributed by atoms with Gasteiger partial charge in [0.1, 0.15) is 0 Å². The second-order valence-electron chi connectivity index (χ2n) is 7.32. The number of rotatable bonds is 3. The molecule has 1 unspecified atom stereocenters. The third-order valence-corrected chi connectivity index (χ3v) is 4.77. The summed E-state index contributed by atoms with van der Waals surface area (Å²) >= 11 is 0. The van der Waals surface area contributed by atoms with Crippen molar-refractivity contribution in [2.24, 2.45) is 12.8 Å². The highest BCUT2D eigenvalue weighted by Crippen LogP contribution is 2.35. The van der Waals surface area contributed by atoms with Crippen LogP contribution in [0.2, 0.25) is 0 Å². The van der Waals surface area contributed by atoms with E-state index in [1.54, 1.807) is 0 Å². The van der Waals surface area contributed by atoms with Crippen LogP contribution in [0.3, 0.4) is 0 Å². The van der Waals surface area contributed by atoms with Gasteiger partial charge < -0.3 is 10.3 Å². The summed E-state index contributed by atoms with van der Waals surface area (Å²) in [4.78, 5) is 0. The molecule has 0 aliphatic heterocycles. The minimum absolute atomic E-state index is 0.0295. The summed E-state index contributed by atoms with van der Waals surface area (Å²) in [7, 11) is 2.11. The van der Waals surface area contributed by atoms with Gasteiger partial charge in [-0.25, -0.2) is 0 Å². The van der Waals surface area contributed by atoms with E-state index < -0.39 is 0 Å². The van der Waals surface area contributed by atoms with Gasteiger partial charge in [0.25, 0.3) is 0 Å². The number of aromatic nitrogens is 3. The van der Waals surface area contributed by atoms with Gasteiger partial charge in [-0.15, -0.1) is 0 Å². The highest BCUT2D eigenvalue weighted by atomic mass is 15.1. The maximum atomic E-state index is 6.17. The zero-order valence-corrected chi connectivity index (χ0v) is 14.6. The van der Waals surface area contributed by atoms with E-state index in [-0.39, 0.29) is 11.3 Å². The molecule has 0 aliphatic rings. The van der Waals surface area contributed by atoms with Crippen LogP contribution in [0.4, 0.5) is 0 Å². The smallest absolute Gasteiger partial charge is 0.0678 e. The van der Waals surface area contributed by atoms with Gasteiger partial charge >= 0.3 is 0 Å². The monoisotopic (exact) mass is 310 g/mol. The number of aromatic amines is 1. The lowest BCUT2D eigenvalue weighted by molar-refractivity contribution is 0.567. The Morgan fingerprint density at radius 2 is 1.96 bits per heavy atom. The van der Waals surface area contributed by atoms with Crippen LogP contribution in [0.5, 0.6) is 0 Å². The number of nitrogens with two attached hydrogens (primary N) is 1. The fourth-order valence-electron chi connectivity index (χ4n) is 3.29. The topological polar surface area (TPSA) is 59.6 Å². The van der Waals surface area contributed by atoms with Gasteiger partial charge in [0.2, 0.25) is 0 Å². The molecule has 3 aromatic rings. The van der Waals surface area contributed by atoms with E-state index in [0.29, 0.717) is 6.54 Å². The zero-order valence-electron chi connectivity index (χ0n) is 14.6. The number of fused-ring (bicyclic) bond motifs is 1. The third kappa shape index (κ3) is 2.57. The third-order valence-electron chi connectivity index (χ3n) is 4.77. The van der Waals surface area contributed by atoms with Crippen LogP contribution in [-0.4, -0.2) is 21.3 Å². The summed E-state index contributed by atoms with van der Waals surface area (Å²) in [5.74, 6) is 0.129. The molecule has 0 bridgehead atoms. The highest BCUT2D eigenvalue weighted by molar-refractivity contribution is 5.86. The van der Waals surface area contributed by atoms with Gasteiger partial charge in [0, 0.05) is 47.2 Å². The first-order chi connectivity index (χ1) is 10.8. The molecule has 3 rings (SSSR count). The second-order valence-corrected chi connectivity index (χ2v) is 7.32. The van der Waals surface area contributed by atoms with Gasteiger partial charge in [0.15, 0.2) is 0 Å². The normalized spacial score (nSPS) is 13.7. The summed E-state index contributed by atoms with van der Waals surface area (Å²) < 4.78 is 2.24. The minimum atomic E-state index is 0.0295. The van der Waals surface area contributed by atoms with Crippen molar-refractivity contribution < 1.29 is 0 Å². The molecule has 4 heteroatoms. The van der Waals surface area contributed by atoms with Gasteiger partial charge in [-0.3, -0.25) is 5.10 Å². The maximum Gasteiger partial charge on any atom is 0.0678 e. The summed E-state index contributed by atoms with van der Waals surface area (Å²) in [5, 5.41) is 9.01. The maximum absolute atomic E-state index is 6.17. The van der Waals surface area contributed by atoms with E-state index in [0.717, 1.165) is 11.4 Å². The van der Waals surface area contributed by atoms with Crippen molar-refractivity contribution in [3.05, 3.63) is 53.0 Å². The van der Waals surface area contributed by atoms with Gasteiger partial charge in [-0.1, -0.05) is 39.0 Å². The molecule has 0 aliphatic carbocycles. The highest BCUT2D eigenvalue weighted by Gasteiger charge is 2.25. The molecule has 1 atom stereocenters. The molecular formula is C19H26N4. The number of aryl methyl sites for hydroxylation is 1. The number of para-hydroxylation sites is 1. The molecule has 2 aromatic heterocycles. The molecule has 1 aromatic carbocycles. The number of H-pyrrole nitrogens is 1. The first kappa shape index (κ1) is 15.8. The summed E-state index contributed by atoms with van der Waals surface area (Å²) in [6, 6.07) is 10.7. The molecule has 23 heavy (non-hydrogen) atoms.